The number of pyridine rings is 2. The lowest BCUT2D eigenvalue weighted by molar-refractivity contribution is 0.302. The molecule has 31 heavy (non-hydrogen) atoms. The van der Waals surface area contributed by atoms with Gasteiger partial charge in [0.05, 0.1) is 5.69 Å². The molecule has 152 valence electrons. The van der Waals surface area contributed by atoms with Crippen molar-refractivity contribution in [1.82, 2.24) is 24.1 Å². The molecule has 0 atom stereocenters. The smallest absolute Gasteiger partial charge is 0.137 e. The van der Waals surface area contributed by atoms with E-state index in [0.717, 1.165) is 53.3 Å². The third-order valence-corrected chi connectivity index (χ3v) is 5.72. The monoisotopic (exact) mass is 407 g/mol. The van der Waals surface area contributed by atoms with Gasteiger partial charge < -0.3 is 9.14 Å². The maximum atomic E-state index is 6.11. The molecule has 0 unspecified atom stereocenters. The van der Waals surface area contributed by atoms with Crippen molar-refractivity contribution >= 4 is 5.65 Å². The lowest BCUT2D eigenvalue weighted by Gasteiger charge is -2.09. The van der Waals surface area contributed by atoms with Crippen molar-refractivity contribution in [3.63, 3.8) is 0 Å². The van der Waals surface area contributed by atoms with Crippen LogP contribution in [0.25, 0.3) is 28.0 Å². The average Bonchev–Trinajstić information content (AvgIpc) is 3.52. The molecule has 0 saturated heterocycles. The molecule has 0 radical (unpaired) electrons. The number of aromatic nitrogens is 5. The zero-order chi connectivity index (χ0) is 20.6. The molecular formula is C25H21N5O. The number of hydrogen-bond donors (Lipinski definition) is 0. The second-order valence-electron chi connectivity index (χ2n) is 7.75. The Bertz CT molecular complexity index is 1340. The molecule has 6 rings (SSSR count). The van der Waals surface area contributed by atoms with Gasteiger partial charge in [-0.05, 0) is 54.8 Å². The molecule has 1 aromatic carbocycles. The maximum absolute atomic E-state index is 6.11. The van der Waals surface area contributed by atoms with E-state index in [0.29, 0.717) is 6.61 Å². The first-order valence-corrected chi connectivity index (χ1v) is 10.5. The average molecular weight is 407 g/mol. The van der Waals surface area contributed by atoms with E-state index in [1.165, 1.54) is 11.3 Å². The number of imidazole rings is 1. The Morgan fingerprint density at radius 3 is 2.81 bits per heavy atom. The Hall–Kier alpha value is -3.93. The summed E-state index contributed by atoms with van der Waals surface area (Å²) in [6.45, 7) is 1.39. The van der Waals surface area contributed by atoms with Gasteiger partial charge in [0.2, 0.25) is 0 Å². The Morgan fingerprint density at radius 1 is 0.968 bits per heavy atom. The van der Waals surface area contributed by atoms with E-state index >= 15 is 0 Å². The first-order chi connectivity index (χ1) is 15.3. The van der Waals surface area contributed by atoms with Gasteiger partial charge in [-0.1, -0.05) is 18.2 Å². The number of fused-ring (bicyclic) bond motifs is 2. The SMILES string of the molecule is c1cc(OCc2cn3ccccc3n2)cc(-c2c(-c3ccncc3)nn3c2CCC3)c1. The van der Waals surface area contributed by atoms with Gasteiger partial charge >= 0.3 is 0 Å². The molecule has 5 heterocycles. The van der Waals surface area contributed by atoms with E-state index in [1.807, 2.05) is 71.7 Å². The van der Waals surface area contributed by atoms with Gasteiger partial charge in [0.15, 0.2) is 0 Å². The predicted molar refractivity (Wildman–Crippen MR) is 119 cm³/mol. The number of ether oxygens (including phenoxy) is 1. The molecule has 0 bridgehead atoms. The highest BCUT2D eigenvalue weighted by molar-refractivity contribution is 5.83. The summed E-state index contributed by atoms with van der Waals surface area (Å²) in [6, 6.07) is 18.3. The van der Waals surface area contributed by atoms with Crippen LogP contribution in [0.3, 0.4) is 0 Å². The van der Waals surface area contributed by atoms with E-state index in [2.05, 4.69) is 26.8 Å². The maximum Gasteiger partial charge on any atom is 0.137 e. The molecule has 6 nitrogen and oxygen atoms in total. The van der Waals surface area contributed by atoms with Crippen LogP contribution in [-0.2, 0) is 19.6 Å². The van der Waals surface area contributed by atoms with Gasteiger partial charge in [-0.25, -0.2) is 4.98 Å². The number of nitrogens with zero attached hydrogens (tertiary/aromatic N) is 5. The van der Waals surface area contributed by atoms with Crippen LogP contribution in [0.5, 0.6) is 5.75 Å². The highest BCUT2D eigenvalue weighted by Gasteiger charge is 2.24. The lowest BCUT2D eigenvalue weighted by Crippen LogP contribution is -1.96. The van der Waals surface area contributed by atoms with Crippen LogP contribution in [-0.4, -0.2) is 24.1 Å². The molecule has 0 spiro atoms. The Balaban J connectivity index is 1.33. The summed E-state index contributed by atoms with van der Waals surface area (Å²) in [4.78, 5) is 8.78. The van der Waals surface area contributed by atoms with Crippen molar-refractivity contribution in [1.29, 1.82) is 0 Å². The number of benzene rings is 1. The fraction of sp³-hybridized carbons (Fsp3) is 0.160. The van der Waals surface area contributed by atoms with Crippen molar-refractivity contribution in [2.45, 2.75) is 26.0 Å². The van der Waals surface area contributed by atoms with Gasteiger partial charge in [-0.2, -0.15) is 5.10 Å². The van der Waals surface area contributed by atoms with Crippen LogP contribution in [0.2, 0.25) is 0 Å². The quantitative estimate of drug-likeness (QED) is 0.421. The Morgan fingerprint density at radius 2 is 1.90 bits per heavy atom. The van der Waals surface area contributed by atoms with E-state index in [-0.39, 0.29) is 0 Å². The second-order valence-corrected chi connectivity index (χ2v) is 7.75. The van der Waals surface area contributed by atoms with Gasteiger partial charge in [-0.15, -0.1) is 0 Å². The highest BCUT2D eigenvalue weighted by Crippen LogP contribution is 2.38. The number of hydrogen-bond acceptors (Lipinski definition) is 4. The molecule has 1 aliphatic heterocycles. The minimum absolute atomic E-state index is 0.425. The zero-order valence-corrected chi connectivity index (χ0v) is 17.0. The van der Waals surface area contributed by atoms with Crippen molar-refractivity contribution in [3.05, 3.63) is 90.8 Å². The Kier molecular flexibility index (Phi) is 4.27. The number of aryl methyl sites for hydroxylation is 1. The molecule has 0 saturated carbocycles. The molecule has 6 heteroatoms. The van der Waals surface area contributed by atoms with Crippen molar-refractivity contribution in [3.8, 4) is 28.1 Å². The van der Waals surface area contributed by atoms with E-state index < -0.39 is 0 Å². The van der Waals surface area contributed by atoms with Crippen LogP contribution in [0.15, 0.2) is 79.4 Å². The first kappa shape index (κ1) is 17.9. The lowest BCUT2D eigenvalue weighted by atomic mass is 9.98. The van der Waals surface area contributed by atoms with Gasteiger partial charge in [-0.3, -0.25) is 9.67 Å². The van der Waals surface area contributed by atoms with Gasteiger partial charge in [0.25, 0.3) is 0 Å². The summed E-state index contributed by atoms with van der Waals surface area (Å²) in [7, 11) is 0. The summed E-state index contributed by atoms with van der Waals surface area (Å²) < 4.78 is 10.3. The largest absolute Gasteiger partial charge is 0.487 e. The second kappa shape index (κ2) is 7.40. The minimum Gasteiger partial charge on any atom is -0.487 e. The molecule has 0 amide bonds. The van der Waals surface area contributed by atoms with Crippen LogP contribution < -0.4 is 4.74 Å². The van der Waals surface area contributed by atoms with Crippen molar-refractivity contribution < 1.29 is 4.74 Å². The van der Waals surface area contributed by atoms with E-state index in [4.69, 9.17) is 9.84 Å². The van der Waals surface area contributed by atoms with E-state index in [1.54, 1.807) is 0 Å². The van der Waals surface area contributed by atoms with Gasteiger partial charge in [0, 0.05) is 48.2 Å². The van der Waals surface area contributed by atoms with Crippen LogP contribution >= 0.6 is 0 Å². The standard InChI is InChI=1S/C25H21N5O/c1-2-13-29-16-20(27-23(29)8-1)17-31-21-6-3-5-19(15-21)24-22-7-4-14-30(22)28-25(24)18-9-11-26-12-10-18/h1-3,5-6,8-13,15-16H,4,7,14,17H2. The molecule has 0 aliphatic carbocycles. The van der Waals surface area contributed by atoms with Crippen LogP contribution in [0, 0.1) is 0 Å². The summed E-state index contributed by atoms with van der Waals surface area (Å²) >= 11 is 0. The van der Waals surface area contributed by atoms with E-state index in [9.17, 15) is 0 Å². The van der Waals surface area contributed by atoms with Crippen molar-refractivity contribution in [2.24, 2.45) is 0 Å². The van der Waals surface area contributed by atoms with Crippen molar-refractivity contribution in [2.75, 3.05) is 0 Å². The Labute approximate surface area is 179 Å². The minimum atomic E-state index is 0.425. The topological polar surface area (TPSA) is 57.2 Å². The first-order valence-electron chi connectivity index (χ1n) is 10.5. The third kappa shape index (κ3) is 3.26. The molecular weight excluding hydrogens is 386 g/mol. The third-order valence-electron chi connectivity index (χ3n) is 5.72. The fourth-order valence-corrected chi connectivity index (χ4v) is 4.30. The highest BCUT2D eigenvalue weighted by atomic mass is 16.5. The molecule has 0 N–H and O–H groups in total. The normalized spacial score (nSPS) is 12.9. The fourth-order valence-electron chi connectivity index (χ4n) is 4.30. The summed E-state index contributed by atoms with van der Waals surface area (Å²) in [6.07, 6.45) is 9.81. The van der Waals surface area contributed by atoms with Crippen LogP contribution in [0.4, 0.5) is 0 Å². The molecule has 5 aromatic rings. The zero-order valence-electron chi connectivity index (χ0n) is 17.0. The molecule has 4 aromatic heterocycles. The van der Waals surface area contributed by atoms with Gasteiger partial charge in [0.1, 0.15) is 23.7 Å². The van der Waals surface area contributed by atoms with Crippen LogP contribution in [0.1, 0.15) is 17.8 Å². The molecule has 1 aliphatic rings. The molecule has 0 fully saturated rings. The summed E-state index contributed by atoms with van der Waals surface area (Å²) in [5.41, 5.74) is 7.54. The summed E-state index contributed by atoms with van der Waals surface area (Å²) in [5.74, 6) is 0.827. The number of rotatable bonds is 5. The summed E-state index contributed by atoms with van der Waals surface area (Å²) in [5, 5.41) is 4.92. The predicted octanol–water partition coefficient (Wildman–Crippen LogP) is 4.79.